The Morgan fingerprint density at radius 2 is 2.11 bits per heavy atom. The molecule has 0 amide bonds. The van der Waals surface area contributed by atoms with Gasteiger partial charge in [-0.05, 0) is 24.6 Å². The number of ether oxygens (including phenoxy) is 1. The van der Waals surface area contributed by atoms with Crippen LogP contribution < -0.4 is 10.5 Å². The van der Waals surface area contributed by atoms with Crippen LogP contribution in [0.1, 0.15) is 22.3 Å². The molecule has 19 heavy (non-hydrogen) atoms. The normalized spacial score (nSPS) is 13.3. The topological polar surface area (TPSA) is 48.1 Å². The SMILES string of the molecule is Cc1csc(C(N)c2cccc(OC(F)(F)F)c2)n1. The molecule has 1 aromatic heterocycles. The number of rotatable bonds is 3. The molecule has 1 unspecified atom stereocenters. The molecule has 1 atom stereocenters. The third kappa shape index (κ3) is 3.68. The quantitative estimate of drug-likeness (QED) is 0.941. The molecular formula is C12H11F3N2OS. The minimum atomic E-state index is -4.71. The first-order valence-corrected chi connectivity index (χ1v) is 6.26. The molecule has 0 bridgehead atoms. The Morgan fingerprint density at radius 1 is 1.37 bits per heavy atom. The van der Waals surface area contributed by atoms with E-state index < -0.39 is 12.4 Å². The summed E-state index contributed by atoms with van der Waals surface area (Å²) in [4.78, 5) is 4.22. The Bertz CT molecular complexity index is 568. The van der Waals surface area contributed by atoms with Gasteiger partial charge < -0.3 is 10.5 Å². The number of thiazole rings is 1. The Kier molecular flexibility index (Phi) is 3.77. The van der Waals surface area contributed by atoms with Crippen LogP contribution in [0.4, 0.5) is 13.2 Å². The van der Waals surface area contributed by atoms with Gasteiger partial charge in [0.1, 0.15) is 10.8 Å². The van der Waals surface area contributed by atoms with E-state index in [1.165, 1.54) is 29.5 Å². The zero-order chi connectivity index (χ0) is 14.0. The van der Waals surface area contributed by atoms with Gasteiger partial charge in [-0.25, -0.2) is 4.98 Å². The highest BCUT2D eigenvalue weighted by atomic mass is 32.1. The first-order chi connectivity index (χ1) is 8.85. The summed E-state index contributed by atoms with van der Waals surface area (Å²) in [6, 6.07) is 5.06. The van der Waals surface area contributed by atoms with E-state index in [1.807, 2.05) is 12.3 Å². The van der Waals surface area contributed by atoms with E-state index in [0.717, 1.165) is 5.69 Å². The third-order valence-corrected chi connectivity index (χ3v) is 3.40. The molecule has 3 nitrogen and oxygen atoms in total. The van der Waals surface area contributed by atoms with Gasteiger partial charge in [0.25, 0.3) is 0 Å². The molecule has 7 heteroatoms. The minimum Gasteiger partial charge on any atom is -0.406 e. The van der Waals surface area contributed by atoms with Crippen LogP contribution in [-0.4, -0.2) is 11.3 Å². The van der Waals surface area contributed by atoms with E-state index in [4.69, 9.17) is 5.73 Å². The number of hydrogen-bond donors (Lipinski definition) is 1. The first kappa shape index (κ1) is 13.8. The van der Waals surface area contributed by atoms with Crippen molar-refractivity contribution in [3.63, 3.8) is 0 Å². The molecular weight excluding hydrogens is 277 g/mol. The molecule has 0 saturated heterocycles. The Labute approximate surface area is 111 Å². The molecule has 1 heterocycles. The van der Waals surface area contributed by atoms with Crippen LogP contribution in [0.2, 0.25) is 0 Å². The van der Waals surface area contributed by atoms with Gasteiger partial charge in [-0.2, -0.15) is 0 Å². The number of aromatic nitrogens is 1. The maximum atomic E-state index is 12.1. The van der Waals surface area contributed by atoms with Crippen LogP contribution in [-0.2, 0) is 0 Å². The van der Waals surface area contributed by atoms with Gasteiger partial charge in [0.15, 0.2) is 0 Å². The van der Waals surface area contributed by atoms with E-state index in [0.29, 0.717) is 10.6 Å². The second-order valence-corrected chi connectivity index (χ2v) is 4.81. The second kappa shape index (κ2) is 5.18. The first-order valence-electron chi connectivity index (χ1n) is 5.38. The molecule has 0 saturated carbocycles. The van der Waals surface area contributed by atoms with E-state index in [1.54, 1.807) is 6.07 Å². The molecule has 1 aromatic carbocycles. The van der Waals surface area contributed by atoms with Crippen molar-refractivity contribution in [1.29, 1.82) is 0 Å². The molecule has 0 aliphatic heterocycles. The molecule has 2 aromatic rings. The van der Waals surface area contributed by atoms with Crippen LogP contribution >= 0.6 is 11.3 Å². The molecule has 102 valence electrons. The van der Waals surface area contributed by atoms with E-state index >= 15 is 0 Å². The lowest BCUT2D eigenvalue weighted by molar-refractivity contribution is -0.274. The molecule has 0 radical (unpaired) electrons. The summed E-state index contributed by atoms with van der Waals surface area (Å²) in [6.45, 7) is 1.83. The number of benzene rings is 1. The maximum Gasteiger partial charge on any atom is 0.573 e. The zero-order valence-corrected chi connectivity index (χ0v) is 10.8. The molecule has 0 fully saturated rings. The Morgan fingerprint density at radius 3 is 2.68 bits per heavy atom. The predicted molar refractivity (Wildman–Crippen MR) is 66.0 cm³/mol. The summed E-state index contributed by atoms with van der Waals surface area (Å²) in [5, 5.41) is 2.49. The van der Waals surface area contributed by atoms with Crippen LogP contribution in [0.25, 0.3) is 0 Å². The van der Waals surface area contributed by atoms with Gasteiger partial charge in [-0.3, -0.25) is 0 Å². The largest absolute Gasteiger partial charge is 0.573 e. The third-order valence-electron chi connectivity index (χ3n) is 2.35. The number of alkyl halides is 3. The number of hydrogen-bond acceptors (Lipinski definition) is 4. The van der Waals surface area contributed by atoms with Gasteiger partial charge in [0.2, 0.25) is 0 Å². The molecule has 0 aliphatic carbocycles. The van der Waals surface area contributed by atoms with Crippen molar-refractivity contribution in [3.05, 3.63) is 45.9 Å². The average molecular weight is 288 g/mol. The fraction of sp³-hybridized carbons (Fsp3) is 0.250. The Balaban J connectivity index is 2.23. The highest BCUT2D eigenvalue weighted by molar-refractivity contribution is 7.09. The predicted octanol–water partition coefficient (Wildman–Crippen LogP) is 3.40. The minimum absolute atomic E-state index is 0.284. The van der Waals surface area contributed by atoms with Crippen molar-refractivity contribution < 1.29 is 17.9 Å². The van der Waals surface area contributed by atoms with Gasteiger partial charge in [-0.1, -0.05) is 12.1 Å². The van der Waals surface area contributed by atoms with Crippen molar-refractivity contribution >= 4 is 11.3 Å². The smallest absolute Gasteiger partial charge is 0.406 e. The number of aryl methyl sites for hydroxylation is 1. The number of halogens is 3. The van der Waals surface area contributed by atoms with E-state index in [-0.39, 0.29) is 5.75 Å². The van der Waals surface area contributed by atoms with Crippen molar-refractivity contribution in [2.24, 2.45) is 5.73 Å². The van der Waals surface area contributed by atoms with Crippen molar-refractivity contribution in [2.75, 3.05) is 0 Å². The van der Waals surface area contributed by atoms with Gasteiger partial charge >= 0.3 is 6.36 Å². The van der Waals surface area contributed by atoms with Crippen LogP contribution in [0.5, 0.6) is 5.75 Å². The monoisotopic (exact) mass is 288 g/mol. The van der Waals surface area contributed by atoms with E-state index in [2.05, 4.69) is 9.72 Å². The lowest BCUT2D eigenvalue weighted by Gasteiger charge is -2.12. The van der Waals surface area contributed by atoms with Gasteiger partial charge in [-0.15, -0.1) is 24.5 Å². The lowest BCUT2D eigenvalue weighted by Crippen LogP contribution is -2.18. The summed E-state index contributed by atoms with van der Waals surface area (Å²) in [5.41, 5.74) is 7.33. The van der Waals surface area contributed by atoms with E-state index in [9.17, 15) is 13.2 Å². The summed E-state index contributed by atoms with van der Waals surface area (Å²) < 4.78 is 40.3. The Hall–Kier alpha value is -1.60. The summed E-state index contributed by atoms with van der Waals surface area (Å²) in [6.07, 6.45) is -4.71. The van der Waals surface area contributed by atoms with Crippen LogP contribution in [0.15, 0.2) is 29.6 Å². The maximum absolute atomic E-state index is 12.1. The number of nitrogens with two attached hydrogens (primary N) is 1. The molecule has 0 spiro atoms. The molecule has 0 aliphatic rings. The highest BCUT2D eigenvalue weighted by Gasteiger charge is 2.31. The average Bonchev–Trinajstić information content (AvgIpc) is 2.73. The van der Waals surface area contributed by atoms with Crippen molar-refractivity contribution in [1.82, 2.24) is 4.98 Å². The molecule has 2 N–H and O–H groups in total. The van der Waals surface area contributed by atoms with Crippen molar-refractivity contribution in [3.8, 4) is 5.75 Å². The summed E-state index contributed by atoms with van der Waals surface area (Å²) >= 11 is 1.37. The second-order valence-electron chi connectivity index (χ2n) is 3.93. The van der Waals surface area contributed by atoms with Gasteiger partial charge in [0.05, 0.1) is 6.04 Å². The number of nitrogens with zero attached hydrogens (tertiary/aromatic N) is 1. The van der Waals surface area contributed by atoms with Gasteiger partial charge in [0, 0.05) is 11.1 Å². The lowest BCUT2D eigenvalue weighted by atomic mass is 10.1. The standard InChI is InChI=1S/C12H11F3N2OS/c1-7-6-19-11(17-7)10(16)8-3-2-4-9(5-8)18-12(13,14)15/h2-6,10H,16H2,1H3. The summed E-state index contributed by atoms with van der Waals surface area (Å²) in [7, 11) is 0. The van der Waals surface area contributed by atoms with Crippen molar-refractivity contribution in [2.45, 2.75) is 19.3 Å². The summed E-state index contributed by atoms with van der Waals surface area (Å²) in [5.74, 6) is -0.284. The van der Waals surface area contributed by atoms with Crippen LogP contribution in [0.3, 0.4) is 0 Å². The highest BCUT2D eigenvalue weighted by Crippen LogP contribution is 2.28. The molecule has 2 rings (SSSR count). The fourth-order valence-electron chi connectivity index (χ4n) is 1.56. The fourth-order valence-corrected chi connectivity index (χ4v) is 2.39. The zero-order valence-electron chi connectivity index (χ0n) is 9.94. The van der Waals surface area contributed by atoms with Crippen LogP contribution in [0, 0.1) is 6.92 Å².